The summed E-state index contributed by atoms with van der Waals surface area (Å²) in [5.41, 5.74) is 8.41. The zero-order valence-electron chi connectivity index (χ0n) is 25.2. The molecule has 0 bridgehead atoms. The molecule has 2 aromatic rings. The highest BCUT2D eigenvalue weighted by Crippen LogP contribution is 2.32. The van der Waals surface area contributed by atoms with Crippen LogP contribution in [0.25, 0.3) is 0 Å². The number of rotatable bonds is 14. The minimum absolute atomic E-state index is 0.0246. The Kier molecular flexibility index (Phi) is 10.7. The maximum absolute atomic E-state index is 13.2. The van der Waals surface area contributed by atoms with Gasteiger partial charge in [0.2, 0.25) is 5.91 Å². The number of hydrogen-bond donors (Lipinski definition) is 1. The Bertz CT molecular complexity index is 1170. The highest BCUT2D eigenvalue weighted by molar-refractivity contribution is 5.92. The van der Waals surface area contributed by atoms with E-state index in [1.54, 1.807) is 4.90 Å². The molecule has 1 aromatic heterocycles. The van der Waals surface area contributed by atoms with Crippen LogP contribution in [0.3, 0.4) is 0 Å². The van der Waals surface area contributed by atoms with Crippen LogP contribution in [0.4, 0.5) is 0 Å². The van der Waals surface area contributed by atoms with Gasteiger partial charge in [0, 0.05) is 58.6 Å². The average molecular weight is 581 g/mol. The van der Waals surface area contributed by atoms with E-state index in [9.17, 15) is 9.59 Å². The molecule has 0 atom stereocenters. The molecule has 3 fully saturated rings. The third-order valence-corrected chi connectivity index (χ3v) is 8.83. The second-order valence-corrected chi connectivity index (χ2v) is 12.1. The first-order valence-electron chi connectivity index (χ1n) is 15.8. The lowest BCUT2D eigenvalue weighted by atomic mass is 9.89. The van der Waals surface area contributed by atoms with Gasteiger partial charge in [-0.25, -0.2) is 0 Å². The molecule has 2 amide bonds. The number of hydrogen-bond acceptors (Lipinski definition) is 7. The Balaban J connectivity index is 1.04. The summed E-state index contributed by atoms with van der Waals surface area (Å²) in [7, 11) is 0. The summed E-state index contributed by atoms with van der Waals surface area (Å²) in [6.07, 6.45) is 7.53. The summed E-state index contributed by atoms with van der Waals surface area (Å²) in [5.74, 6) is 0.854. The highest BCUT2D eigenvalue weighted by Gasteiger charge is 2.41. The van der Waals surface area contributed by atoms with Gasteiger partial charge in [-0.3, -0.25) is 19.2 Å². The molecule has 1 aliphatic carbocycles. The first kappa shape index (κ1) is 30.7. The van der Waals surface area contributed by atoms with Crippen molar-refractivity contribution in [3.63, 3.8) is 0 Å². The van der Waals surface area contributed by atoms with Crippen LogP contribution < -0.4 is 5.73 Å². The van der Waals surface area contributed by atoms with E-state index < -0.39 is 0 Å². The molecule has 10 heteroatoms. The molecule has 0 unspecified atom stereocenters. The Labute approximate surface area is 250 Å². The zero-order valence-corrected chi connectivity index (χ0v) is 25.2. The van der Waals surface area contributed by atoms with E-state index in [1.165, 1.54) is 24.0 Å². The number of morpholine rings is 1. The van der Waals surface area contributed by atoms with Gasteiger partial charge in [0.1, 0.15) is 5.69 Å². The molecule has 1 spiro atoms. The largest absolute Gasteiger partial charge is 0.381 e. The molecule has 230 valence electrons. The van der Waals surface area contributed by atoms with Gasteiger partial charge in [0.25, 0.3) is 5.91 Å². The SMILES string of the molecule is CCN(CCN)C(=O)CCOCCc1cccc(CN2CCC3(CC2)CN(C(=O)c2ccn(CC4CC4)n2)CCO3)c1. The topological polar surface area (TPSA) is 106 Å². The van der Waals surface area contributed by atoms with Crippen LogP contribution in [0.1, 0.15) is 60.6 Å². The van der Waals surface area contributed by atoms with Gasteiger partial charge in [-0.15, -0.1) is 0 Å². The first-order valence-corrected chi connectivity index (χ1v) is 15.8. The van der Waals surface area contributed by atoms with Crippen molar-refractivity contribution >= 4 is 11.8 Å². The molecule has 0 radical (unpaired) electrons. The van der Waals surface area contributed by atoms with Crippen molar-refractivity contribution < 1.29 is 19.1 Å². The van der Waals surface area contributed by atoms with E-state index in [2.05, 4.69) is 34.3 Å². The molecule has 1 saturated carbocycles. The number of likely N-dealkylation sites (N-methyl/N-ethyl adjacent to an activating group) is 1. The summed E-state index contributed by atoms with van der Waals surface area (Å²) in [6.45, 7) is 10.3. The summed E-state index contributed by atoms with van der Waals surface area (Å²) in [4.78, 5) is 31.7. The number of benzene rings is 1. The van der Waals surface area contributed by atoms with E-state index in [0.717, 1.165) is 51.4 Å². The normalized spacial score (nSPS) is 18.9. The Hall–Kier alpha value is -2.79. The quantitative estimate of drug-likeness (QED) is 0.343. The standard InChI is InChI=1S/C32H48N6O4/c1-2-36(17-13-33)30(39)10-20-41-19-9-26-4-3-5-28(22-26)23-35-15-11-32(12-16-35)25-37(18-21-42-32)31(40)29-8-14-38(34-29)24-27-6-7-27/h3-5,8,14,22,27H,2,6-7,9-13,15-21,23-25,33H2,1H3. The lowest BCUT2D eigenvalue weighted by Crippen LogP contribution is -2.58. The minimum atomic E-state index is -0.264. The van der Waals surface area contributed by atoms with Crippen LogP contribution >= 0.6 is 0 Å². The van der Waals surface area contributed by atoms with Crippen molar-refractivity contribution in [2.45, 2.75) is 64.1 Å². The molecular weight excluding hydrogens is 532 g/mol. The molecule has 3 heterocycles. The van der Waals surface area contributed by atoms with Crippen LogP contribution in [0.5, 0.6) is 0 Å². The molecule has 2 saturated heterocycles. The molecule has 10 nitrogen and oxygen atoms in total. The van der Waals surface area contributed by atoms with Gasteiger partial charge in [0.05, 0.1) is 38.4 Å². The van der Waals surface area contributed by atoms with Crippen LogP contribution in [-0.2, 0) is 33.8 Å². The second kappa shape index (κ2) is 14.6. The van der Waals surface area contributed by atoms with Crippen molar-refractivity contribution in [1.82, 2.24) is 24.5 Å². The number of likely N-dealkylation sites (tertiary alicyclic amines) is 1. The maximum Gasteiger partial charge on any atom is 0.274 e. The second-order valence-electron chi connectivity index (χ2n) is 12.1. The maximum atomic E-state index is 13.2. The Morgan fingerprint density at radius 1 is 1.14 bits per heavy atom. The predicted molar refractivity (Wildman–Crippen MR) is 161 cm³/mol. The summed E-state index contributed by atoms with van der Waals surface area (Å²) < 4.78 is 14.0. The number of ether oxygens (including phenoxy) is 2. The van der Waals surface area contributed by atoms with Crippen LogP contribution in [0.15, 0.2) is 36.5 Å². The van der Waals surface area contributed by atoms with Crippen molar-refractivity contribution in [1.29, 1.82) is 0 Å². The van der Waals surface area contributed by atoms with Gasteiger partial charge in [-0.1, -0.05) is 24.3 Å². The lowest BCUT2D eigenvalue weighted by Gasteiger charge is -2.47. The van der Waals surface area contributed by atoms with E-state index >= 15 is 0 Å². The van der Waals surface area contributed by atoms with Gasteiger partial charge in [-0.05, 0) is 62.1 Å². The molecule has 3 aliphatic rings. The van der Waals surface area contributed by atoms with Crippen molar-refractivity contribution in [2.75, 3.05) is 65.6 Å². The fraction of sp³-hybridized carbons (Fsp3) is 0.656. The van der Waals surface area contributed by atoms with Gasteiger partial charge < -0.3 is 25.0 Å². The first-order chi connectivity index (χ1) is 20.5. The monoisotopic (exact) mass is 580 g/mol. The van der Waals surface area contributed by atoms with Gasteiger partial charge in [-0.2, -0.15) is 5.10 Å². The number of nitrogens with zero attached hydrogens (tertiary/aromatic N) is 5. The van der Waals surface area contributed by atoms with Gasteiger partial charge >= 0.3 is 0 Å². The fourth-order valence-corrected chi connectivity index (χ4v) is 6.11. The summed E-state index contributed by atoms with van der Waals surface area (Å²) in [6, 6.07) is 10.6. The zero-order chi connectivity index (χ0) is 29.4. The average Bonchev–Trinajstić information content (AvgIpc) is 3.70. The van der Waals surface area contributed by atoms with E-state index in [-0.39, 0.29) is 17.4 Å². The molecule has 5 rings (SSSR count). The minimum Gasteiger partial charge on any atom is -0.381 e. The third-order valence-electron chi connectivity index (χ3n) is 8.83. The smallest absolute Gasteiger partial charge is 0.274 e. The number of carbonyl (C=O) groups excluding carboxylic acids is 2. The van der Waals surface area contributed by atoms with Crippen LogP contribution in [0.2, 0.25) is 0 Å². The Morgan fingerprint density at radius 3 is 2.71 bits per heavy atom. The molecular formula is C32H48N6O4. The summed E-state index contributed by atoms with van der Waals surface area (Å²) >= 11 is 0. The van der Waals surface area contributed by atoms with Crippen molar-refractivity contribution in [3.8, 4) is 0 Å². The molecule has 42 heavy (non-hydrogen) atoms. The van der Waals surface area contributed by atoms with Crippen LogP contribution in [-0.4, -0.2) is 108 Å². The van der Waals surface area contributed by atoms with Crippen molar-refractivity contribution in [2.24, 2.45) is 11.7 Å². The fourth-order valence-electron chi connectivity index (χ4n) is 6.11. The van der Waals surface area contributed by atoms with Gasteiger partial charge in [0.15, 0.2) is 0 Å². The van der Waals surface area contributed by atoms with Crippen LogP contribution in [0, 0.1) is 5.92 Å². The number of aromatic nitrogens is 2. The number of piperidine rings is 1. The summed E-state index contributed by atoms with van der Waals surface area (Å²) in [5, 5.41) is 4.56. The predicted octanol–water partition coefficient (Wildman–Crippen LogP) is 2.56. The highest BCUT2D eigenvalue weighted by atomic mass is 16.5. The van der Waals surface area contributed by atoms with E-state index in [1.807, 2.05) is 28.8 Å². The molecule has 2 aliphatic heterocycles. The molecule has 2 N–H and O–H groups in total. The third kappa shape index (κ3) is 8.40. The number of nitrogens with two attached hydrogens (primary N) is 1. The number of carbonyl (C=O) groups is 2. The van der Waals surface area contributed by atoms with E-state index in [0.29, 0.717) is 64.7 Å². The Morgan fingerprint density at radius 2 is 1.95 bits per heavy atom. The van der Waals surface area contributed by atoms with Crippen molar-refractivity contribution in [3.05, 3.63) is 53.3 Å². The lowest BCUT2D eigenvalue weighted by molar-refractivity contribution is -0.132. The number of amides is 2. The molecule has 1 aromatic carbocycles. The van der Waals surface area contributed by atoms with E-state index in [4.69, 9.17) is 15.2 Å².